The van der Waals surface area contributed by atoms with Crippen molar-refractivity contribution in [2.75, 3.05) is 0 Å². The van der Waals surface area contributed by atoms with Gasteiger partial charge in [0, 0.05) is 45.0 Å². The average molecular weight is 1780 g/mol. The van der Waals surface area contributed by atoms with Gasteiger partial charge in [0.05, 0.1) is 92.3 Å². The van der Waals surface area contributed by atoms with Gasteiger partial charge in [-0.25, -0.2) is 0 Å². The smallest absolute Gasteiger partial charge is 0.171 e. The first-order chi connectivity index (χ1) is 60.1. The van der Waals surface area contributed by atoms with Crippen LogP contribution in [0.3, 0.4) is 0 Å². The summed E-state index contributed by atoms with van der Waals surface area (Å²) in [5.41, 5.74) is 10.4. The lowest BCUT2D eigenvalue weighted by Crippen LogP contribution is -2.54. The second kappa shape index (κ2) is 31.6. The quantitative estimate of drug-likeness (QED) is 0.117. The molecule has 5 aliphatic heterocycles. The van der Waals surface area contributed by atoms with Gasteiger partial charge in [0.15, 0.2) is 0 Å². The molecule has 0 saturated heterocycles. The van der Waals surface area contributed by atoms with Gasteiger partial charge in [0.2, 0.25) is 0 Å². The van der Waals surface area contributed by atoms with Crippen LogP contribution in [0.2, 0.25) is 0 Å². The van der Waals surface area contributed by atoms with Crippen LogP contribution in [0.25, 0.3) is 51.2 Å². The van der Waals surface area contributed by atoms with Gasteiger partial charge in [0.1, 0.15) is 35.2 Å². The third kappa shape index (κ3) is 15.1. The number of aryl methyl sites for hydroxylation is 10. The van der Waals surface area contributed by atoms with Crippen LogP contribution in [-0.2, 0) is 89.4 Å². The summed E-state index contributed by atoms with van der Waals surface area (Å²) >= 11 is 0. The van der Waals surface area contributed by atoms with Crippen molar-refractivity contribution in [2.24, 2.45) is 35.2 Å². The molecule has 0 fully saturated rings. The lowest BCUT2D eigenvalue weighted by Gasteiger charge is -2.46. The molecular weight excluding hydrogens is 1650 g/mol. The normalized spacial score (nSPS) is 21.8. The Hall–Kier alpha value is -10.6. The van der Waals surface area contributed by atoms with E-state index in [4.69, 9.17) is 14.1 Å². The highest BCUT2D eigenvalue weighted by atomic mass is 19.4. The molecule has 7 aromatic carbocycles. The molecule has 0 spiro atoms. The number of fused-ring (bicyclic) bond motifs is 15. The number of nitrogens with zero attached hydrogens (tertiary/aromatic N) is 15. The SMILES string of the molecule is Cc1cccc2c1-n1c(nc(-c3ccccc3)[n+]1C)C(C)(CC(F)(F)F)C2(C)C.Cc1cccc2c1-n1c(nc(C)[n+]1C)C(C)(CC(F)(F)F)C2(C)C.Cc1cccc2c1-n1c(nc(C)[n+]1C)C(C)(CC(F)(F)F)C2(C)C.Cc1cccc2c1-n1c(nc[n+]1C)C(C)(CC(F)(F)F)C2(C)C.[2H]C([2H])([2H])c1cc(C)cc(-c2nc3n([n+]2C)-c2c(C)cccc2C(C)(C)C3(C)CC)c1. The Labute approximate surface area is 748 Å². The summed E-state index contributed by atoms with van der Waals surface area (Å²) in [4.78, 5) is 23.5. The molecule has 0 amide bonds. The molecule has 0 aliphatic carbocycles. The number of halogens is 12. The Bertz CT molecular complexity index is 6330. The minimum atomic E-state index is -4.31. The fourth-order valence-corrected chi connectivity index (χ4v) is 21.0. The summed E-state index contributed by atoms with van der Waals surface area (Å²) < 4.78 is 205. The summed E-state index contributed by atoms with van der Waals surface area (Å²) in [5, 5.41) is 0. The molecule has 0 saturated carbocycles. The molecule has 15 nitrogen and oxygen atoms in total. The van der Waals surface area contributed by atoms with Crippen LogP contribution in [-0.4, -0.2) is 73.0 Å². The number of aromatic nitrogens is 15. The van der Waals surface area contributed by atoms with Crippen molar-refractivity contribution in [3.05, 3.63) is 253 Å². The molecule has 5 aliphatic rings. The molecule has 5 unspecified atom stereocenters. The van der Waals surface area contributed by atoms with Crippen molar-refractivity contribution >= 4 is 0 Å². The van der Waals surface area contributed by atoms with Gasteiger partial charge in [-0.2, -0.15) is 66.7 Å². The molecule has 12 aromatic rings. The van der Waals surface area contributed by atoms with E-state index in [2.05, 4.69) is 77.1 Å². The predicted molar refractivity (Wildman–Crippen MR) is 472 cm³/mol. The number of hydrogen-bond acceptors (Lipinski definition) is 5. The fourth-order valence-electron chi connectivity index (χ4n) is 21.0. The predicted octanol–water partition coefficient (Wildman–Crippen LogP) is 21.6. The topological polar surface area (TPSA) is 108 Å². The zero-order chi connectivity index (χ0) is 97.5. The van der Waals surface area contributed by atoms with Crippen LogP contribution < -0.4 is 23.4 Å². The van der Waals surface area contributed by atoms with Crippen LogP contribution in [0, 0.1) is 62.2 Å². The highest BCUT2D eigenvalue weighted by Crippen LogP contribution is 2.60. The monoisotopic (exact) mass is 1780 g/mol. The van der Waals surface area contributed by atoms with Crippen molar-refractivity contribution in [1.29, 1.82) is 0 Å². The molecule has 10 heterocycles. The Morgan fingerprint density at radius 2 is 0.586 bits per heavy atom. The van der Waals surface area contributed by atoms with E-state index in [-0.39, 0.29) is 10.8 Å². The maximum Gasteiger partial charge on any atom is 0.390 e. The van der Waals surface area contributed by atoms with E-state index in [0.29, 0.717) is 46.3 Å². The average Bonchev–Trinajstić information content (AvgIpc) is 1.50. The third-order valence-electron chi connectivity index (χ3n) is 30.6. The maximum absolute atomic E-state index is 13.8. The molecule has 27 heteroatoms. The standard InChI is InChI=1S/C25H32N3.C23H25F3N3.2C18H23F3N3.C17H21F3N3/c1-9-25(7)23-26-22(19-14-16(2)13-17(3)15-19)27(8)28(23)21-18(4)11-10-12-20(21)24(25,5)6;1-15-10-9-13-17-18(15)29-20(22(4,21(17,2)3)14-23(24,25)26)27-19(28(29)5)16-11-7-6-8-12-16;2*1-11-8-7-9-13-14(11)24-15(22-12(2)23(24)6)17(5,16(13,3)4)10-18(19,20)21;1-11-7-6-8-12-13(11)23-14(21-10-22(23)5)16(4,15(12,2)3)9-17(18,19)20/h10-15H,9H2,1-8H3;6-13H,14H2,1-5H3;2*7-9H,10H2,1-6H3;6-8,10H,9H2,1-5H3/q5*+1/i2D3;;;;. The van der Waals surface area contributed by atoms with E-state index in [1.54, 1.807) is 57.9 Å². The van der Waals surface area contributed by atoms with Gasteiger partial charge < -0.3 is 0 Å². The zero-order valence-electron chi connectivity index (χ0n) is 82.1. The summed E-state index contributed by atoms with van der Waals surface area (Å²) in [6, 6.07) is 45.0. The Morgan fingerprint density at radius 3 is 0.898 bits per heavy atom. The van der Waals surface area contributed by atoms with Crippen molar-refractivity contribution < 1.29 is 80.2 Å². The van der Waals surface area contributed by atoms with Crippen LogP contribution in [0.15, 0.2) is 146 Å². The number of para-hydroxylation sites is 5. The van der Waals surface area contributed by atoms with Crippen molar-refractivity contribution in [3.63, 3.8) is 0 Å². The molecule has 5 atom stereocenters. The molecule has 5 aromatic heterocycles. The van der Waals surface area contributed by atoms with Crippen molar-refractivity contribution in [2.45, 2.75) is 284 Å². The summed E-state index contributed by atoms with van der Waals surface area (Å²) in [7, 11) is 9.37. The highest BCUT2D eigenvalue weighted by Gasteiger charge is 2.65. The minimum Gasteiger partial charge on any atom is -0.171 e. The largest absolute Gasteiger partial charge is 0.390 e. The first-order valence-electron chi connectivity index (χ1n) is 44.9. The third-order valence-corrected chi connectivity index (χ3v) is 30.6. The molecule has 0 N–H and O–H groups in total. The zero-order valence-corrected chi connectivity index (χ0v) is 79.1. The van der Waals surface area contributed by atoms with Crippen molar-refractivity contribution in [3.8, 4) is 51.2 Å². The van der Waals surface area contributed by atoms with E-state index in [0.717, 1.165) is 102 Å². The first-order valence-corrected chi connectivity index (χ1v) is 43.4. The molecule has 0 bridgehead atoms. The number of hydrogen-bond donors (Lipinski definition) is 0. The van der Waals surface area contributed by atoms with E-state index in [1.807, 2.05) is 274 Å². The van der Waals surface area contributed by atoms with Gasteiger partial charge in [-0.05, 0) is 205 Å². The van der Waals surface area contributed by atoms with Crippen LogP contribution in [0.4, 0.5) is 52.7 Å². The lowest BCUT2D eigenvalue weighted by atomic mass is 9.58. The Kier molecular flexibility index (Phi) is 22.4. The van der Waals surface area contributed by atoms with Crippen molar-refractivity contribution in [1.82, 2.24) is 48.3 Å². The van der Waals surface area contributed by atoms with Gasteiger partial charge in [-0.1, -0.05) is 191 Å². The van der Waals surface area contributed by atoms with E-state index in [9.17, 15) is 52.7 Å². The number of alkyl halides is 12. The van der Waals surface area contributed by atoms with Gasteiger partial charge in [-0.15, -0.1) is 32.8 Å². The number of rotatable bonds is 7. The summed E-state index contributed by atoms with van der Waals surface area (Å²) in [6.07, 6.45) is -18.2. The van der Waals surface area contributed by atoms with E-state index >= 15 is 0 Å². The number of benzene rings is 7. The van der Waals surface area contributed by atoms with Gasteiger partial charge >= 0.3 is 54.3 Å². The Morgan fingerprint density at radius 1 is 0.312 bits per heavy atom. The fraction of sp³-hybridized carbons (Fsp3) is 0.485. The molecule has 682 valence electrons. The van der Waals surface area contributed by atoms with E-state index < -0.39 is 101 Å². The summed E-state index contributed by atoms with van der Waals surface area (Å²) in [6.45, 7) is 44.5. The van der Waals surface area contributed by atoms with Crippen LogP contribution in [0.1, 0.15) is 255 Å². The minimum absolute atomic E-state index is 0.106. The van der Waals surface area contributed by atoms with Crippen LogP contribution >= 0.6 is 0 Å². The highest BCUT2D eigenvalue weighted by molar-refractivity contribution is 5.64. The van der Waals surface area contributed by atoms with Gasteiger partial charge in [0.25, 0.3) is 29.1 Å². The van der Waals surface area contributed by atoms with Gasteiger partial charge in [-0.3, -0.25) is 0 Å². The summed E-state index contributed by atoms with van der Waals surface area (Å²) in [5.74, 6) is 5.73. The Balaban J connectivity index is 0.000000140. The first kappa shape index (κ1) is 90.7. The molecule has 0 radical (unpaired) electrons. The maximum atomic E-state index is 13.8. The molecule has 17 rings (SSSR count). The molecular formula is C101H124F12N15+5. The second-order valence-corrected chi connectivity index (χ2v) is 39.9. The van der Waals surface area contributed by atoms with Crippen LogP contribution in [0.5, 0.6) is 0 Å². The lowest BCUT2D eigenvalue weighted by molar-refractivity contribution is -0.751. The molecule has 128 heavy (non-hydrogen) atoms. The second-order valence-electron chi connectivity index (χ2n) is 39.9. The van der Waals surface area contributed by atoms with E-state index in [1.165, 1.54) is 16.8 Å².